The van der Waals surface area contributed by atoms with E-state index in [0.717, 1.165) is 4.70 Å². The fourth-order valence-corrected chi connectivity index (χ4v) is 3.41. The lowest BCUT2D eigenvalue weighted by Crippen LogP contribution is -2.38. The molecule has 0 saturated carbocycles. The monoisotopic (exact) mass is 311 g/mol. The van der Waals surface area contributed by atoms with Crippen LogP contribution in [-0.4, -0.2) is 40.6 Å². The normalized spacial score (nSPS) is 21.9. The number of carboxylic acid groups (broad SMARTS) is 1. The highest BCUT2D eigenvalue weighted by Crippen LogP contribution is 2.31. The van der Waals surface area contributed by atoms with Gasteiger partial charge in [0.15, 0.2) is 0 Å². The number of aliphatic carboxylic acids is 1. The van der Waals surface area contributed by atoms with Gasteiger partial charge in [0.2, 0.25) is 5.67 Å². The SMILES string of the molecule is O=C(c1cc2cc(F)ccc2s1)N1CCC(F)(C(=O)O)C1. The average Bonchev–Trinajstić information content (AvgIpc) is 3.02. The number of benzene rings is 1. The molecule has 1 saturated heterocycles. The van der Waals surface area contributed by atoms with E-state index >= 15 is 0 Å². The Morgan fingerprint density at radius 1 is 1.33 bits per heavy atom. The van der Waals surface area contributed by atoms with Gasteiger partial charge in [-0.25, -0.2) is 13.6 Å². The fourth-order valence-electron chi connectivity index (χ4n) is 2.40. The molecule has 0 spiro atoms. The predicted octanol–water partition coefficient (Wildman–Crippen LogP) is 2.68. The first-order valence-corrected chi connectivity index (χ1v) is 7.11. The van der Waals surface area contributed by atoms with E-state index in [1.54, 1.807) is 12.1 Å². The van der Waals surface area contributed by atoms with Crippen molar-refractivity contribution in [1.29, 1.82) is 0 Å². The summed E-state index contributed by atoms with van der Waals surface area (Å²) in [7, 11) is 0. The van der Waals surface area contributed by atoms with Crippen LogP contribution in [0.1, 0.15) is 16.1 Å². The molecule has 1 aliphatic heterocycles. The lowest BCUT2D eigenvalue weighted by molar-refractivity contribution is -0.149. The molecule has 1 amide bonds. The molecule has 110 valence electrons. The summed E-state index contributed by atoms with van der Waals surface area (Å²) >= 11 is 1.18. The van der Waals surface area contributed by atoms with Crippen LogP contribution in [-0.2, 0) is 4.79 Å². The maximum atomic E-state index is 14.0. The van der Waals surface area contributed by atoms with E-state index in [9.17, 15) is 18.4 Å². The minimum absolute atomic E-state index is 0.0598. The van der Waals surface area contributed by atoms with Crippen molar-refractivity contribution in [2.45, 2.75) is 12.1 Å². The number of rotatable bonds is 2. The van der Waals surface area contributed by atoms with Crippen LogP contribution >= 0.6 is 11.3 Å². The smallest absolute Gasteiger partial charge is 0.343 e. The zero-order valence-electron chi connectivity index (χ0n) is 10.8. The Hall–Kier alpha value is -2.02. The van der Waals surface area contributed by atoms with Crippen molar-refractivity contribution in [3.05, 3.63) is 35.0 Å². The van der Waals surface area contributed by atoms with Crippen LogP contribution in [0.15, 0.2) is 24.3 Å². The zero-order valence-corrected chi connectivity index (χ0v) is 11.6. The highest BCUT2D eigenvalue weighted by Gasteiger charge is 2.47. The van der Waals surface area contributed by atoms with Gasteiger partial charge in [-0.2, -0.15) is 0 Å². The molecule has 1 unspecified atom stereocenters. The van der Waals surface area contributed by atoms with Crippen LogP contribution in [0, 0.1) is 5.82 Å². The lowest BCUT2D eigenvalue weighted by Gasteiger charge is -2.16. The third kappa shape index (κ3) is 2.37. The number of halogens is 2. The second-order valence-electron chi connectivity index (χ2n) is 5.04. The van der Waals surface area contributed by atoms with E-state index in [0.29, 0.717) is 10.3 Å². The van der Waals surface area contributed by atoms with Gasteiger partial charge in [0.1, 0.15) is 5.82 Å². The number of carboxylic acids is 1. The molecule has 1 fully saturated rings. The van der Waals surface area contributed by atoms with E-state index in [-0.39, 0.29) is 13.0 Å². The lowest BCUT2D eigenvalue weighted by atomic mass is 10.1. The summed E-state index contributed by atoms with van der Waals surface area (Å²) in [4.78, 5) is 24.7. The molecule has 7 heteroatoms. The number of hydrogen-bond acceptors (Lipinski definition) is 3. The second kappa shape index (κ2) is 4.77. The summed E-state index contributed by atoms with van der Waals surface area (Å²) < 4.78 is 27.9. The van der Waals surface area contributed by atoms with E-state index < -0.39 is 29.9 Å². The topological polar surface area (TPSA) is 57.6 Å². The van der Waals surface area contributed by atoms with Gasteiger partial charge in [-0.3, -0.25) is 4.79 Å². The largest absolute Gasteiger partial charge is 0.479 e. The minimum atomic E-state index is -2.38. The van der Waals surface area contributed by atoms with Gasteiger partial charge in [-0.15, -0.1) is 11.3 Å². The molecular weight excluding hydrogens is 300 g/mol. The summed E-state index contributed by atoms with van der Waals surface area (Å²) in [6.45, 7) is -0.395. The van der Waals surface area contributed by atoms with Gasteiger partial charge in [0.25, 0.3) is 5.91 Å². The first kappa shape index (κ1) is 13.9. The number of carbonyl (C=O) groups is 2. The van der Waals surface area contributed by atoms with Crippen molar-refractivity contribution >= 4 is 33.3 Å². The van der Waals surface area contributed by atoms with Crippen molar-refractivity contribution in [2.75, 3.05) is 13.1 Å². The van der Waals surface area contributed by atoms with Crippen LogP contribution in [0.4, 0.5) is 8.78 Å². The Bertz CT molecular complexity index is 745. The Morgan fingerprint density at radius 3 is 2.76 bits per heavy atom. The predicted molar refractivity (Wildman–Crippen MR) is 73.8 cm³/mol. The molecule has 1 atom stereocenters. The molecule has 21 heavy (non-hydrogen) atoms. The Balaban J connectivity index is 1.86. The standard InChI is InChI=1S/C14H11F2NO3S/c15-9-1-2-10-8(5-9)6-11(21-10)12(18)17-4-3-14(16,7-17)13(19)20/h1-2,5-6H,3-4,7H2,(H,19,20). The summed E-state index contributed by atoms with van der Waals surface area (Å²) in [5.74, 6) is -2.36. The molecular formula is C14H11F2NO3S. The molecule has 0 bridgehead atoms. The summed E-state index contributed by atoms with van der Waals surface area (Å²) in [6.07, 6.45) is -0.215. The van der Waals surface area contributed by atoms with Gasteiger partial charge in [0.05, 0.1) is 11.4 Å². The third-order valence-corrected chi connectivity index (χ3v) is 4.68. The number of carbonyl (C=O) groups excluding carboxylic acids is 1. The fraction of sp³-hybridized carbons (Fsp3) is 0.286. The van der Waals surface area contributed by atoms with Crippen LogP contribution in [0.2, 0.25) is 0 Å². The summed E-state index contributed by atoms with van der Waals surface area (Å²) in [6, 6.07) is 5.75. The molecule has 4 nitrogen and oxygen atoms in total. The molecule has 1 N–H and O–H groups in total. The van der Waals surface area contributed by atoms with Gasteiger partial charge in [-0.05, 0) is 29.7 Å². The van der Waals surface area contributed by atoms with Crippen molar-refractivity contribution in [3.63, 3.8) is 0 Å². The van der Waals surface area contributed by atoms with Crippen LogP contribution in [0.25, 0.3) is 10.1 Å². The van der Waals surface area contributed by atoms with Crippen molar-refractivity contribution in [1.82, 2.24) is 4.90 Å². The van der Waals surface area contributed by atoms with Crippen molar-refractivity contribution < 1.29 is 23.5 Å². The van der Waals surface area contributed by atoms with Gasteiger partial charge < -0.3 is 10.0 Å². The average molecular weight is 311 g/mol. The number of alkyl halides is 1. The third-order valence-electron chi connectivity index (χ3n) is 3.58. The minimum Gasteiger partial charge on any atom is -0.479 e. The number of likely N-dealkylation sites (tertiary alicyclic amines) is 1. The molecule has 3 rings (SSSR count). The van der Waals surface area contributed by atoms with Gasteiger partial charge in [0, 0.05) is 17.7 Å². The van der Waals surface area contributed by atoms with E-state index in [4.69, 9.17) is 5.11 Å². The van der Waals surface area contributed by atoms with Crippen molar-refractivity contribution in [2.24, 2.45) is 0 Å². The molecule has 1 aliphatic rings. The zero-order chi connectivity index (χ0) is 15.2. The maximum Gasteiger partial charge on any atom is 0.343 e. The summed E-state index contributed by atoms with van der Waals surface area (Å²) in [5.41, 5.74) is -2.38. The highest BCUT2D eigenvalue weighted by molar-refractivity contribution is 7.20. The highest BCUT2D eigenvalue weighted by atomic mass is 32.1. The Kier molecular flexibility index (Phi) is 3.16. The van der Waals surface area contributed by atoms with E-state index in [1.807, 2.05) is 0 Å². The maximum absolute atomic E-state index is 14.0. The first-order valence-electron chi connectivity index (χ1n) is 6.30. The first-order chi connectivity index (χ1) is 9.89. The molecule has 2 heterocycles. The van der Waals surface area contributed by atoms with E-state index in [1.165, 1.54) is 28.4 Å². The van der Waals surface area contributed by atoms with Gasteiger partial charge >= 0.3 is 5.97 Å². The molecule has 0 aliphatic carbocycles. The molecule has 1 aromatic heterocycles. The number of nitrogens with zero attached hydrogens (tertiary/aromatic N) is 1. The quantitative estimate of drug-likeness (QED) is 0.927. The number of amides is 1. The Morgan fingerprint density at radius 2 is 2.10 bits per heavy atom. The van der Waals surface area contributed by atoms with Crippen LogP contribution in [0.3, 0.4) is 0 Å². The summed E-state index contributed by atoms with van der Waals surface area (Å²) in [5, 5.41) is 9.44. The number of thiophene rings is 1. The molecule has 1 aromatic carbocycles. The van der Waals surface area contributed by atoms with Crippen molar-refractivity contribution in [3.8, 4) is 0 Å². The molecule has 2 aromatic rings. The number of hydrogen-bond donors (Lipinski definition) is 1. The van der Waals surface area contributed by atoms with Crippen LogP contribution < -0.4 is 0 Å². The Labute approximate surface area is 122 Å². The second-order valence-corrected chi connectivity index (χ2v) is 6.12. The number of fused-ring (bicyclic) bond motifs is 1. The van der Waals surface area contributed by atoms with E-state index in [2.05, 4.69) is 0 Å². The van der Waals surface area contributed by atoms with Gasteiger partial charge in [-0.1, -0.05) is 0 Å². The molecule has 0 radical (unpaired) electrons. The van der Waals surface area contributed by atoms with Crippen LogP contribution in [0.5, 0.6) is 0 Å².